The third kappa shape index (κ3) is 2.11. The molecule has 0 bridgehead atoms. The van der Waals surface area contributed by atoms with Crippen molar-refractivity contribution in [3.63, 3.8) is 0 Å². The lowest BCUT2D eigenvalue weighted by Crippen LogP contribution is -2.11. The number of nitrogens with one attached hydrogen (secondary N) is 1. The number of benzene rings is 1. The van der Waals surface area contributed by atoms with E-state index in [2.05, 4.69) is 9.72 Å². The van der Waals surface area contributed by atoms with Crippen molar-refractivity contribution in [3.8, 4) is 0 Å². The van der Waals surface area contributed by atoms with Crippen LogP contribution in [0.5, 0.6) is 0 Å². The highest BCUT2D eigenvalue weighted by Crippen LogP contribution is 2.14. The predicted octanol–water partition coefficient (Wildman–Crippen LogP) is 1.91. The lowest BCUT2D eigenvalue weighted by molar-refractivity contribution is -0.139. The molecule has 0 aliphatic carbocycles. The molecule has 82 valence electrons. The maximum Gasteiger partial charge on any atom is 0.303 e. The molecule has 0 aliphatic heterocycles. The molecule has 0 saturated carbocycles. The zero-order valence-corrected chi connectivity index (χ0v) is 8.82. The SMILES string of the molecule is CC(=O)OCC(=O)c1cc2ccccc2[nH]1. The summed E-state index contributed by atoms with van der Waals surface area (Å²) in [6, 6.07) is 9.34. The zero-order chi connectivity index (χ0) is 11.5. The summed E-state index contributed by atoms with van der Waals surface area (Å²) in [6.45, 7) is 1.06. The molecule has 0 amide bonds. The van der Waals surface area contributed by atoms with E-state index in [1.807, 2.05) is 24.3 Å². The zero-order valence-electron chi connectivity index (χ0n) is 8.82. The number of ketones is 1. The van der Waals surface area contributed by atoms with Crippen LogP contribution in [0.1, 0.15) is 17.4 Å². The molecule has 0 atom stereocenters. The van der Waals surface area contributed by atoms with Crippen molar-refractivity contribution in [2.45, 2.75) is 6.92 Å². The Kier molecular flexibility index (Phi) is 2.72. The maximum atomic E-state index is 11.6. The second-order valence-corrected chi connectivity index (χ2v) is 3.47. The summed E-state index contributed by atoms with van der Waals surface area (Å²) in [6.07, 6.45) is 0. The van der Waals surface area contributed by atoms with E-state index in [1.165, 1.54) is 6.92 Å². The number of Topliss-reactive ketones (excluding diaryl/α,β-unsaturated/α-hetero) is 1. The van der Waals surface area contributed by atoms with Gasteiger partial charge in [0.15, 0.2) is 6.61 Å². The Labute approximate surface area is 92.2 Å². The molecule has 0 fully saturated rings. The number of hydrogen-bond donors (Lipinski definition) is 1. The molecular formula is C12H11NO3. The van der Waals surface area contributed by atoms with Gasteiger partial charge in [0.1, 0.15) is 0 Å². The van der Waals surface area contributed by atoms with Crippen LogP contribution in [0.3, 0.4) is 0 Å². The fourth-order valence-corrected chi connectivity index (χ4v) is 1.47. The molecule has 2 rings (SSSR count). The summed E-state index contributed by atoms with van der Waals surface area (Å²) < 4.78 is 4.65. The summed E-state index contributed by atoms with van der Waals surface area (Å²) in [5, 5.41) is 0.966. The Morgan fingerprint density at radius 2 is 2.06 bits per heavy atom. The molecule has 1 aromatic carbocycles. The number of esters is 1. The van der Waals surface area contributed by atoms with E-state index in [0.29, 0.717) is 5.69 Å². The molecule has 16 heavy (non-hydrogen) atoms. The number of rotatable bonds is 3. The second-order valence-electron chi connectivity index (χ2n) is 3.47. The van der Waals surface area contributed by atoms with Crippen LogP contribution >= 0.6 is 0 Å². The molecule has 0 saturated heterocycles. The van der Waals surface area contributed by atoms with Crippen LogP contribution in [0.4, 0.5) is 0 Å². The maximum absolute atomic E-state index is 11.6. The number of carbonyl (C=O) groups is 2. The summed E-state index contributed by atoms with van der Waals surface area (Å²) in [4.78, 5) is 25.2. The first-order valence-corrected chi connectivity index (χ1v) is 4.91. The van der Waals surface area contributed by atoms with Crippen LogP contribution in [0.25, 0.3) is 10.9 Å². The van der Waals surface area contributed by atoms with Crippen molar-refractivity contribution < 1.29 is 14.3 Å². The van der Waals surface area contributed by atoms with Crippen LogP contribution in [0, 0.1) is 0 Å². The van der Waals surface area contributed by atoms with Crippen LogP contribution in [-0.2, 0) is 9.53 Å². The van der Waals surface area contributed by atoms with Gasteiger partial charge >= 0.3 is 5.97 Å². The van der Waals surface area contributed by atoms with E-state index in [1.54, 1.807) is 6.07 Å². The third-order valence-electron chi connectivity index (χ3n) is 2.24. The van der Waals surface area contributed by atoms with Gasteiger partial charge < -0.3 is 9.72 Å². The van der Waals surface area contributed by atoms with Crippen LogP contribution in [-0.4, -0.2) is 23.3 Å². The van der Waals surface area contributed by atoms with Crippen molar-refractivity contribution in [2.75, 3.05) is 6.61 Å². The van der Waals surface area contributed by atoms with Gasteiger partial charge in [-0.1, -0.05) is 18.2 Å². The van der Waals surface area contributed by atoms with E-state index in [9.17, 15) is 9.59 Å². The predicted molar refractivity (Wildman–Crippen MR) is 59.3 cm³/mol. The lowest BCUT2D eigenvalue weighted by atomic mass is 10.2. The molecule has 2 aromatic rings. The molecule has 0 aliphatic rings. The van der Waals surface area contributed by atoms with Crippen molar-refractivity contribution in [3.05, 3.63) is 36.0 Å². The van der Waals surface area contributed by atoms with Crippen molar-refractivity contribution in [1.29, 1.82) is 0 Å². The highest BCUT2D eigenvalue weighted by molar-refractivity contribution is 6.00. The lowest BCUT2D eigenvalue weighted by Gasteiger charge is -1.98. The first-order chi connectivity index (χ1) is 7.66. The van der Waals surface area contributed by atoms with E-state index >= 15 is 0 Å². The van der Waals surface area contributed by atoms with Gasteiger partial charge in [-0.25, -0.2) is 0 Å². The standard InChI is InChI=1S/C12H11NO3/c1-8(14)16-7-12(15)11-6-9-4-2-3-5-10(9)13-11/h2-6,13H,7H2,1H3. The minimum absolute atomic E-state index is 0.220. The largest absolute Gasteiger partial charge is 0.457 e. The van der Waals surface area contributed by atoms with E-state index < -0.39 is 5.97 Å². The number of carbonyl (C=O) groups excluding carboxylic acids is 2. The fraction of sp³-hybridized carbons (Fsp3) is 0.167. The number of ether oxygens (including phenoxy) is 1. The number of H-pyrrole nitrogens is 1. The van der Waals surface area contributed by atoms with Crippen molar-refractivity contribution >= 4 is 22.7 Å². The summed E-state index contributed by atoms with van der Waals surface area (Å²) in [5.41, 5.74) is 1.36. The molecule has 4 heteroatoms. The Morgan fingerprint density at radius 3 is 2.75 bits per heavy atom. The second kappa shape index (κ2) is 4.18. The Morgan fingerprint density at radius 1 is 1.31 bits per heavy atom. The van der Waals surface area contributed by atoms with Crippen LogP contribution < -0.4 is 0 Å². The molecule has 1 heterocycles. The Bertz CT molecular complexity index is 509. The third-order valence-corrected chi connectivity index (χ3v) is 2.24. The van der Waals surface area contributed by atoms with E-state index in [4.69, 9.17) is 0 Å². The van der Waals surface area contributed by atoms with Crippen molar-refractivity contribution in [1.82, 2.24) is 4.98 Å². The van der Waals surface area contributed by atoms with Gasteiger partial charge in [-0.05, 0) is 12.1 Å². The smallest absolute Gasteiger partial charge is 0.303 e. The normalized spacial score (nSPS) is 10.3. The number of hydrogen-bond acceptors (Lipinski definition) is 3. The summed E-state index contributed by atoms with van der Waals surface area (Å²) >= 11 is 0. The molecule has 4 nitrogen and oxygen atoms in total. The van der Waals surface area contributed by atoms with Gasteiger partial charge in [-0.2, -0.15) is 0 Å². The number of fused-ring (bicyclic) bond motifs is 1. The summed E-state index contributed by atoms with van der Waals surface area (Å²) in [7, 11) is 0. The van der Waals surface area contributed by atoms with E-state index in [0.717, 1.165) is 10.9 Å². The van der Waals surface area contributed by atoms with Gasteiger partial charge in [-0.3, -0.25) is 9.59 Å². The van der Waals surface area contributed by atoms with Gasteiger partial charge in [-0.15, -0.1) is 0 Å². The van der Waals surface area contributed by atoms with Crippen LogP contribution in [0.2, 0.25) is 0 Å². The minimum atomic E-state index is -0.454. The Balaban J connectivity index is 2.20. The van der Waals surface area contributed by atoms with Crippen LogP contribution in [0.15, 0.2) is 30.3 Å². The minimum Gasteiger partial charge on any atom is -0.457 e. The fourth-order valence-electron chi connectivity index (χ4n) is 1.47. The number of para-hydroxylation sites is 1. The quantitative estimate of drug-likeness (QED) is 0.631. The number of aromatic nitrogens is 1. The summed E-state index contributed by atoms with van der Waals surface area (Å²) in [5.74, 6) is -0.684. The Hall–Kier alpha value is -2.10. The highest BCUT2D eigenvalue weighted by Gasteiger charge is 2.10. The topological polar surface area (TPSA) is 59.2 Å². The van der Waals surface area contributed by atoms with Crippen molar-refractivity contribution in [2.24, 2.45) is 0 Å². The molecular weight excluding hydrogens is 206 g/mol. The average Bonchev–Trinajstić information content (AvgIpc) is 2.69. The molecule has 0 radical (unpaired) electrons. The van der Waals surface area contributed by atoms with Gasteiger partial charge in [0.05, 0.1) is 5.69 Å². The van der Waals surface area contributed by atoms with E-state index in [-0.39, 0.29) is 12.4 Å². The molecule has 1 aromatic heterocycles. The van der Waals surface area contributed by atoms with Gasteiger partial charge in [0.25, 0.3) is 0 Å². The monoisotopic (exact) mass is 217 g/mol. The molecule has 0 unspecified atom stereocenters. The molecule has 0 spiro atoms. The molecule has 1 N–H and O–H groups in total. The highest BCUT2D eigenvalue weighted by atomic mass is 16.5. The van der Waals surface area contributed by atoms with Gasteiger partial charge in [0, 0.05) is 17.8 Å². The first kappa shape index (κ1) is 10.4. The average molecular weight is 217 g/mol. The number of aromatic amines is 1. The first-order valence-electron chi connectivity index (χ1n) is 4.91. The van der Waals surface area contributed by atoms with Gasteiger partial charge in [0.2, 0.25) is 5.78 Å².